The van der Waals surface area contributed by atoms with Gasteiger partial charge in [0, 0.05) is 11.1 Å². The molecule has 0 bridgehead atoms. The van der Waals surface area contributed by atoms with Crippen LogP contribution in [-0.4, -0.2) is 11.8 Å². The Morgan fingerprint density at radius 1 is 0.783 bits per heavy atom. The summed E-state index contributed by atoms with van der Waals surface area (Å²) in [5.41, 5.74) is 6.46. The summed E-state index contributed by atoms with van der Waals surface area (Å²) >= 11 is 0. The van der Waals surface area contributed by atoms with Crippen LogP contribution in [0.1, 0.15) is 47.1 Å². The van der Waals surface area contributed by atoms with Gasteiger partial charge in [-0.05, 0) is 47.4 Å². The van der Waals surface area contributed by atoms with E-state index in [4.69, 9.17) is 0 Å². The van der Waals surface area contributed by atoms with Crippen LogP contribution in [0, 0.1) is 5.82 Å². The van der Waals surface area contributed by atoms with Gasteiger partial charge in [0.25, 0.3) is 11.8 Å². The summed E-state index contributed by atoms with van der Waals surface area (Å²) in [7, 11) is 0. The molecule has 23 heavy (non-hydrogen) atoms. The van der Waals surface area contributed by atoms with Crippen molar-refractivity contribution in [1.29, 1.82) is 0 Å². The van der Waals surface area contributed by atoms with Gasteiger partial charge in [-0.2, -0.15) is 0 Å². The van der Waals surface area contributed by atoms with Crippen LogP contribution in [0.2, 0.25) is 0 Å². The van der Waals surface area contributed by atoms with E-state index in [1.54, 1.807) is 12.1 Å². The van der Waals surface area contributed by atoms with Crippen LogP contribution >= 0.6 is 0 Å². The van der Waals surface area contributed by atoms with Crippen LogP contribution in [-0.2, 0) is 5.41 Å². The number of halogens is 1. The van der Waals surface area contributed by atoms with Gasteiger partial charge < -0.3 is 0 Å². The van der Waals surface area contributed by atoms with E-state index in [0.717, 1.165) is 5.56 Å². The quantitative estimate of drug-likeness (QED) is 0.836. The fraction of sp³-hybridized carbons (Fsp3) is 0.222. The summed E-state index contributed by atoms with van der Waals surface area (Å²) < 4.78 is 12.8. The summed E-state index contributed by atoms with van der Waals surface area (Å²) in [4.78, 5) is 23.8. The lowest BCUT2D eigenvalue weighted by atomic mass is 9.87. The highest BCUT2D eigenvalue weighted by Crippen LogP contribution is 2.22. The van der Waals surface area contributed by atoms with Crippen molar-refractivity contribution in [2.24, 2.45) is 0 Å². The van der Waals surface area contributed by atoms with Gasteiger partial charge in [-0.1, -0.05) is 32.9 Å². The SMILES string of the molecule is CC(C)(C)c1ccc(C(=O)NNC(=O)c2ccc(F)cc2)cc1. The summed E-state index contributed by atoms with van der Waals surface area (Å²) in [6, 6.07) is 12.2. The van der Waals surface area contributed by atoms with Crippen molar-refractivity contribution >= 4 is 11.8 Å². The van der Waals surface area contributed by atoms with E-state index >= 15 is 0 Å². The topological polar surface area (TPSA) is 58.2 Å². The Balaban J connectivity index is 1.97. The van der Waals surface area contributed by atoms with Gasteiger partial charge in [0.15, 0.2) is 0 Å². The molecule has 0 heterocycles. The monoisotopic (exact) mass is 314 g/mol. The van der Waals surface area contributed by atoms with Crippen LogP contribution < -0.4 is 10.9 Å². The second kappa shape index (κ2) is 6.60. The molecule has 5 heteroatoms. The molecule has 0 radical (unpaired) electrons. The van der Waals surface area contributed by atoms with E-state index in [1.165, 1.54) is 24.3 Å². The highest BCUT2D eigenvalue weighted by atomic mass is 19.1. The third kappa shape index (κ3) is 4.39. The van der Waals surface area contributed by atoms with Crippen molar-refractivity contribution in [3.8, 4) is 0 Å². The first-order valence-electron chi connectivity index (χ1n) is 7.24. The second-order valence-corrected chi connectivity index (χ2v) is 6.24. The second-order valence-electron chi connectivity index (χ2n) is 6.24. The number of nitrogens with one attached hydrogen (secondary N) is 2. The van der Waals surface area contributed by atoms with Crippen molar-refractivity contribution in [3.05, 3.63) is 71.0 Å². The maximum atomic E-state index is 12.8. The number of rotatable bonds is 2. The van der Waals surface area contributed by atoms with Crippen LogP contribution in [0.3, 0.4) is 0 Å². The Morgan fingerprint density at radius 3 is 1.57 bits per heavy atom. The van der Waals surface area contributed by atoms with E-state index in [0.29, 0.717) is 5.56 Å². The van der Waals surface area contributed by atoms with Gasteiger partial charge in [0.05, 0.1) is 0 Å². The number of benzene rings is 2. The first-order chi connectivity index (χ1) is 10.8. The average molecular weight is 314 g/mol. The van der Waals surface area contributed by atoms with Gasteiger partial charge >= 0.3 is 0 Å². The van der Waals surface area contributed by atoms with Gasteiger partial charge in [-0.15, -0.1) is 0 Å². The lowest BCUT2D eigenvalue weighted by Gasteiger charge is -2.19. The fourth-order valence-corrected chi connectivity index (χ4v) is 1.98. The molecule has 120 valence electrons. The Kier molecular flexibility index (Phi) is 4.79. The molecule has 2 N–H and O–H groups in total. The van der Waals surface area contributed by atoms with E-state index < -0.39 is 17.6 Å². The van der Waals surface area contributed by atoms with Gasteiger partial charge in [-0.25, -0.2) is 4.39 Å². The maximum Gasteiger partial charge on any atom is 0.269 e. The van der Waals surface area contributed by atoms with Crippen LogP contribution in [0.5, 0.6) is 0 Å². The normalized spacial score (nSPS) is 11.0. The van der Waals surface area contributed by atoms with Crippen molar-refractivity contribution in [3.63, 3.8) is 0 Å². The lowest BCUT2D eigenvalue weighted by Crippen LogP contribution is -2.41. The molecule has 0 atom stereocenters. The standard InChI is InChI=1S/C18H19FN2O2/c1-18(2,3)14-8-4-12(5-9-14)16(22)20-21-17(23)13-6-10-15(19)11-7-13/h4-11H,1-3H3,(H,20,22)(H,21,23). The molecule has 2 amide bonds. The Morgan fingerprint density at radius 2 is 1.17 bits per heavy atom. The molecule has 0 unspecified atom stereocenters. The number of carbonyl (C=O) groups excluding carboxylic acids is 2. The molecular weight excluding hydrogens is 295 g/mol. The minimum Gasteiger partial charge on any atom is -0.267 e. The summed E-state index contributed by atoms with van der Waals surface area (Å²) in [6.45, 7) is 6.26. The van der Waals surface area contributed by atoms with Crippen molar-refractivity contribution < 1.29 is 14.0 Å². The van der Waals surface area contributed by atoms with Gasteiger partial charge in [0.2, 0.25) is 0 Å². The predicted molar refractivity (Wildman–Crippen MR) is 86.5 cm³/mol. The van der Waals surface area contributed by atoms with Gasteiger partial charge in [0.1, 0.15) is 5.82 Å². The highest BCUT2D eigenvalue weighted by Gasteiger charge is 2.14. The molecule has 2 rings (SSSR count). The van der Waals surface area contributed by atoms with E-state index in [2.05, 4.69) is 31.6 Å². The Bertz CT molecular complexity index is 701. The molecule has 0 aliphatic heterocycles. The first-order valence-corrected chi connectivity index (χ1v) is 7.24. The van der Waals surface area contributed by atoms with Crippen molar-refractivity contribution in [1.82, 2.24) is 10.9 Å². The molecule has 0 saturated carbocycles. The van der Waals surface area contributed by atoms with Crippen LogP contribution in [0.25, 0.3) is 0 Å². The smallest absolute Gasteiger partial charge is 0.267 e. The predicted octanol–water partition coefficient (Wildman–Crippen LogP) is 3.20. The Hall–Kier alpha value is -2.69. The third-order valence-electron chi connectivity index (χ3n) is 3.41. The molecule has 0 aromatic heterocycles. The minimum atomic E-state index is -0.510. The molecule has 0 aliphatic rings. The number of hydrogen-bond donors (Lipinski definition) is 2. The average Bonchev–Trinajstić information content (AvgIpc) is 2.52. The van der Waals surface area contributed by atoms with E-state index in [-0.39, 0.29) is 11.0 Å². The number of carbonyl (C=O) groups is 2. The maximum absolute atomic E-state index is 12.8. The minimum absolute atomic E-state index is 0.00576. The summed E-state index contributed by atoms with van der Waals surface area (Å²) in [6.07, 6.45) is 0. The molecule has 2 aromatic rings. The summed E-state index contributed by atoms with van der Waals surface area (Å²) in [5, 5.41) is 0. The number of amides is 2. The highest BCUT2D eigenvalue weighted by molar-refractivity contribution is 5.99. The van der Waals surface area contributed by atoms with E-state index in [9.17, 15) is 14.0 Å². The Labute approximate surface area is 134 Å². The molecular formula is C18H19FN2O2. The third-order valence-corrected chi connectivity index (χ3v) is 3.41. The van der Waals surface area contributed by atoms with Crippen molar-refractivity contribution in [2.45, 2.75) is 26.2 Å². The summed E-state index contributed by atoms with van der Waals surface area (Å²) in [5.74, 6) is -1.35. The number of hydrogen-bond acceptors (Lipinski definition) is 2. The molecule has 2 aromatic carbocycles. The molecule has 0 aliphatic carbocycles. The zero-order valence-corrected chi connectivity index (χ0v) is 13.3. The zero-order valence-electron chi connectivity index (χ0n) is 13.3. The molecule has 0 spiro atoms. The van der Waals surface area contributed by atoms with Crippen molar-refractivity contribution in [2.75, 3.05) is 0 Å². The largest absolute Gasteiger partial charge is 0.269 e. The zero-order chi connectivity index (χ0) is 17.0. The first kappa shape index (κ1) is 16.7. The fourth-order valence-electron chi connectivity index (χ4n) is 1.98. The molecule has 0 saturated heterocycles. The van der Waals surface area contributed by atoms with Crippen LogP contribution in [0.15, 0.2) is 48.5 Å². The number of hydrazine groups is 1. The van der Waals surface area contributed by atoms with E-state index in [1.807, 2.05) is 12.1 Å². The molecule has 4 nitrogen and oxygen atoms in total. The lowest BCUT2D eigenvalue weighted by molar-refractivity contribution is 0.0846. The van der Waals surface area contributed by atoms with Crippen LogP contribution in [0.4, 0.5) is 4.39 Å². The van der Waals surface area contributed by atoms with Gasteiger partial charge in [-0.3, -0.25) is 20.4 Å². The molecule has 0 fully saturated rings.